The molecule has 0 aliphatic carbocycles. The van der Waals surface area contributed by atoms with Gasteiger partial charge in [-0.2, -0.15) is 0 Å². The Bertz CT molecular complexity index is 144. The number of piperidine rings is 1. The van der Waals surface area contributed by atoms with Gasteiger partial charge in [0.1, 0.15) is 0 Å². The zero-order valence-electron chi connectivity index (χ0n) is 7.26. The van der Waals surface area contributed by atoms with Crippen LogP contribution in [0.25, 0.3) is 0 Å². The van der Waals surface area contributed by atoms with Crippen LogP contribution < -0.4 is 5.32 Å². The van der Waals surface area contributed by atoms with Crippen molar-refractivity contribution in [1.82, 2.24) is 10.2 Å². The summed E-state index contributed by atoms with van der Waals surface area (Å²) >= 11 is 0. The van der Waals surface area contributed by atoms with E-state index in [2.05, 4.69) is 5.32 Å². The molecule has 1 aliphatic rings. The summed E-state index contributed by atoms with van der Waals surface area (Å²) in [6.07, 6.45) is 2.19. The van der Waals surface area contributed by atoms with E-state index in [-0.39, 0.29) is 7.33 Å². The molecule has 0 aromatic rings. The first-order chi connectivity index (χ1) is 5.24. The number of amides is 1. The van der Waals surface area contributed by atoms with E-state index < -0.39 is 0 Å². The predicted octanol–water partition coefficient (Wildman–Crippen LogP) is 0.463. The lowest BCUT2D eigenvalue weighted by Crippen LogP contribution is -2.43. The van der Waals surface area contributed by atoms with Crippen LogP contribution >= 0.6 is 0 Å². The van der Waals surface area contributed by atoms with Crippen molar-refractivity contribution in [1.29, 1.82) is 0 Å². The lowest BCUT2D eigenvalue weighted by Gasteiger charge is -2.30. The average Bonchev–Trinajstić information content (AvgIpc) is 2.05. The molecule has 1 amide bonds. The molecule has 66 valence electrons. The summed E-state index contributed by atoms with van der Waals surface area (Å²) in [5, 5.41) is 3.23. The van der Waals surface area contributed by atoms with Crippen molar-refractivity contribution < 1.29 is 6.22 Å². The van der Waals surface area contributed by atoms with E-state index in [1.807, 2.05) is 11.9 Å². The number of hydrogen-bond acceptors (Lipinski definition) is 2. The molecule has 1 fully saturated rings. The zero-order chi connectivity index (χ0) is 8.27. The highest BCUT2D eigenvalue weighted by Gasteiger charge is 2.18. The maximum absolute atomic E-state index is 10.9. The van der Waals surface area contributed by atoms with Gasteiger partial charge in [-0.25, -0.2) is 0 Å². The summed E-state index contributed by atoms with van der Waals surface area (Å²) < 4.78 is 0. The summed E-state index contributed by atoms with van der Waals surface area (Å²) in [6, 6.07) is 0.616. The van der Waals surface area contributed by atoms with Crippen molar-refractivity contribution in [3.8, 4) is 0 Å². The third-order valence-corrected chi connectivity index (χ3v) is 2.35. The molecule has 0 saturated carbocycles. The van der Waals surface area contributed by atoms with E-state index in [4.69, 9.17) is 0 Å². The summed E-state index contributed by atoms with van der Waals surface area (Å²) in [4.78, 5) is 12.8. The van der Waals surface area contributed by atoms with Gasteiger partial charge in [0.2, 0.25) is 5.91 Å². The SMILES string of the molecule is CNC1CCN(C(C)=O)CC1.[HH]. The predicted molar refractivity (Wildman–Crippen MR) is 46.4 cm³/mol. The second kappa shape index (κ2) is 3.72. The van der Waals surface area contributed by atoms with Crippen LogP contribution in [0.15, 0.2) is 0 Å². The fraction of sp³-hybridized carbons (Fsp3) is 0.875. The highest BCUT2D eigenvalue weighted by atomic mass is 16.2. The van der Waals surface area contributed by atoms with Crippen molar-refractivity contribution in [2.45, 2.75) is 25.8 Å². The minimum Gasteiger partial charge on any atom is -0.343 e. The Hall–Kier alpha value is -0.570. The van der Waals surface area contributed by atoms with Gasteiger partial charge < -0.3 is 10.2 Å². The molecule has 0 aromatic heterocycles. The van der Waals surface area contributed by atoms with Crippen LogP contribution in [-0.4, -0.2) is 37.0 Å². The molecule has 1 rings (SSSR count). The quantitative estimate of drug-likeness (QED) is 0.601. The van der Waals surface area contributed by atoms with Gasteiger partial charge in [-0.05, 0) is 19.9 Å². The summed E-state index contributed by atoms with van der Waals surface area (Å²) in [5.41, 5.74) is 0. The van der Waals surface area contributed by atoms with Crippen molar-refractivity contribution >= 4 is 5.91 Å². The molecule has 1 N–H and O–H groups in total. The Balaban J connectivity index is 0.00000121. The second-order valence-corrected chi connectivity index (χ2v) is 3.07. The highest BCUT2D eigenvalue weighted by Crippen LogP contribution is 2.09. The Morgan fingerprint density at radius 2 is 2.09 bits per heavy atom. The van der Waals surface area contributed by atoms with E-state index in [1.165, 1.54) is 0 Å². The van der Waals surface area contributed by atoms with E-state index in [0.29, 0.717) is 6.04 Å². The molecular weight excluding hydrogens is 140 g/mol. The molecule has 3 nitrogen and oxygen atoms in total. The van der Waals surface area contributed by atoms with Crippen LogP contribution in [0.2, 0.25) is 0 Å². The van der Waals surface area contributed by atoms with Gasteiger partial charge in [-0.15, -0.1) is 0 Å². The monoisotopic (exact) mass is 158 g/mol. The van der Waals surface area contributed by atoms with E-state index >= 15 is 0 Å². The third kappa shape index (κ3) is 2.19. The maximum atomic E-state index is 10.9. The molecule has 1 saturated heterocycles. The van der Waals surface area contributed by atoms with Crippen LogP contribution in [0.1, 0.15) is 21.2 Å². The first kappa shape index (κ1) is 8.53. The standard InChI is InChI=1S/C8H16N2O.H2/c1-7(11)10-5-3-8(9-2)4-6-10;/h8-9H,3-6H2,1-2H3;1H. The number of nitrogens with zero attached hydrogens (tertiary/aromatic N) is 1. The summed E-state index contributed by atoms with van der Waals surface area (Å²) in [5.74, 6) is 0.208. The van der Waals surface area contributed by atoms with Crippen LogP contribution in [0.3, 0.4) is 0 Å². The first-order valence-electron chi connectivity index (χ1n) is 4.17. The lowest BCUT2D eigenvalue weighted by molar-refractivity contribution is -0.129. The number of carbonyl (C=O) groups is 1. The van der Waals surface area contributed by atoms with Gasteiger partial charge in [0.25, 0.3) is 0 Å². The van der Waals surface area contributed by atoms with E-state index in [1.54, 1.807) is 6.92 Å². The number of rotatable bonds is 1. The average molecular weight is 158 g/mol. The smallest absolute Gasteiger partial charge is 0.219 e. The second-order valence-electron chi connectivity index (χ2n) is 3.07. The van der Waals surface area contributed by atoms with Gasteiger partial charge in [-0.3, -0.25) is 4.79 Å². The van der Waals surface area contributed by atoms with Crippen LogP contribution in [-0.2, 0) is 4.79 Å². The molecule has 11 heavy (non-hydrogen) atoms. The maximum Gasteiger partial charge on any atom is 0.219 e. The van der Waals surface area contributed by atoms with Gasteiger partial charge in [-0.1, -0.05) is 0 Å². The Kier molecular flexibility index (Phi) is 2.88. The first-order valence-corrected chi connectivity index (χ1v) is 4.17. The molecular formula is C8H18N2O. The number of carbonyl (C=O) groups excluding carboxylic acids is 1. The van der Waals surface area contributed by atoms with Gasteiger partial charge in [0.15, 0.2) is 0 Å². The molecule has 0 spiro atoms. The van der Waals surface area contributed by atoms with Gasteiger partial charge >= 0.3 is 0 Å². The molecule has 0 bridgehead atoms. The Labute approximate surface area is 69.2 Å². The third-order valence-electron chi connectivity index (χ3n) is 2.35. The van der Waals surface area contributed by atoms with Crippen molar-refractivity contribution in [3.05, 3.63) is 0 Å². The number of likely N-dealkylation sites (tertiary alicyclic amines) is 1. The largest absolute Gasteiger partial charge is 0.343 e. The van der Waals surface area contributed by atoms with E-state index in [9.17, 15) is 4.79 Å². The molecule has 1 heterocycles. The van der Waals surface area contributed by atoms with Gasteiger partial charge in [0.05, 0.1) is 0 Å². The van der Waals surface area contributed by atoms with Crippen molar-refractivity contribution in [2.24, 2.45) is 0 Å². The Morgan fingerprint density at radius 1 is 1.55 bits per heavy atom. The molecule has 3 heteroatoms. The number of hydrogen-bond donors (Lipinski definition) is 1. The fourth-order valence-corrected chi connectivity index (χ4v) is 1.48. The van der Waals surface area contributed by atoms with Crippen molar-refractivity contribution in [2.75, 3.05) is 20.1 Å². The van der Waals surface area contributed by atoms with E-state index in [0.717, 1.165) is 25.9 Å². The fourth-order valence-electron chi connectivity index (χ4n) is 1.48. The van der Waals surface area contributed by atoms with Crippen molar-refractivity contribution in [3.63, 3.8) is 0 Å². The van der Waals surface area contributed by atoms with Crippen LogP contribution in [0, 0.1) is 0 Å². The topological polar surface area (TPSA) is 32.3 Å². The van der Waals surface area contributed by atoms with Crippen LogP contribution in [0.5, 0.6) is 0 Å². The summed E-state index contributed by atoms with van der Waals surface area (Å²) in [6.45, 7) is 3.47. The molecule has 0 atom stereocenters. The minimum absolute atomic E-state index is 0. The van der Waals surface area contributed by atoms with Crippen LogP contribution in [0.4, 0.5) is 0 Å². The molecule has 0 radical (unpaired) electrons. The minimum atomic E-state index is 0. The molecule has 0 unspecified atom stereocenters. The molecule has 1 aliphatic heterocycles. The Morgan fingerprint density at radius 3 is 2.45 bits per heavy atom. The number of nitrogens with one attached hydrogen (secondary N) is 1. The van der Waals surface area contributed by atoms with Gasteiger partial charge in [0, 0.05) is 27.5 Å². The zero-order valence-corrected chi connectivity index (χ0v) is 7.26. The normalized spacial score (nSPS) is 20.4. The lowest BCUT2D eigenvalue weighted by atomic mass is 10.1. The molecule has 0 aromatic carbocycles. The summed E-state index contributed by atoms with van der Waals surface area (Å²) in [7, 11) is 1.98. The highest BCUT2D eigenvalue weighted by molar-refractivity contribution is 5.73.